The van der Waals surface area contributed by atoms with E-state index in [1.165, 1.54) is 0 Å². The second-order valence-corrected chi connectivity index (χ2v) is 1.33. The molecule has 0 aromatic heterocycles. The molecule has 0 rings (SSSR count). The number of hydrogen-bond donors (Lipinski definition) is 0. The van der Waals surface area contributed by atoms with E-state index in [1.807, 2.05) is 0 Å². The Morgan fingerprint density at radius 1 is 0.667 bits per heavy atom. The molecule has 0 nitrogen and oxygen atoms in total. The van der Waals surface area contributed by atoms with Crippen LogP contribution in [-0.2, 0) is 0 Å². The van der Waals surface area contributed by atoms with Gasteiger partial charge in [-0.1, -0.05) is 0 Å². The van der Waals surface area contributed by atoms with Gasteiger partial charge in [0.2, 0.25) is 0 Å². The molecule has 0 N–H and O–H groups in total. The summed E-state index contributed by atoms with van der Waals surface area (Å²) >= 11 is -6.01. The van der Waals surface area contributed by atoms with Gasteiger partial charge in [0.25, 0.3) is 0 Å². The van der Waals surface area contributed by atoms with Crippen LogP contribution in [0.15, 0.2) is 0 Å². The van der Waals surface area contributed by atoms with Gasteiger partial charge in [0, 0.05) is 0 Å². The van der Waals surface area contributed by atoms with Gasteiger partial charge in [-0.2, -0.15) is 0 Å². The van der Waals surface area contributed by atoms with Crippen molar-refractivity contribution in [2.75, 3.05) is 0 Å². The van der Waals surface area contributed by atoms with Crippen molar-refractivity contribution in [3.63, 3.8) is 0 Å². The van der Waals surface area contributed by atoms with Crippen LogP contribution in [0, 0.1) is 58.2 Å². The third kappa shape index (κ3) is 40.7. The van der Waals surface area contributed by atoms with Crippen molar-refractivity contribution in [3.05, 3.63) is 0 Å². The van der Waals surface area contributed by atoms with E-state index in [4.69, 9.17) is 0 Å². The van der Waals surface area contributed by atoms with Gasteiger partial charge in [-0.3, -0.25) is 0 Å². The summed E-state index contributed by atoms with van der Waals surface area (Å²) in [6.45, 7) is 0. The van der Waals surface area contributed by atoms with Crippen molar-refractivity contribution < 1.29 is 66.6 Å². The first-order chi connectivity index (χ1) is 2.83. The molecule has 0 saturated heterocycles. The minimum absolute atomic E-state index is 3.01. The molecule has 0 saturated carbocycles. The monoisotopic (exact) mass is 552 g/mol. The first-order valence-corrected chi connectivity index (χ1v) is 7.05. The van der Waals surface area contributed by atoms with E-state index in [-0.39, 0.29) is 0 Å². The van der Waals surface area contributed by atoms with Gasteiger partial charge in [-0.25, -0.2) is 0 Å². The van der Waals surface area contributed by atoms with E-state index < -0.39 is 58.2 Å². The Kier molecular flexibility index (Phi) is 28.3. The summed E-state index contributed by atoms with van der Waals surface area (Å²) < 4.78 is 39.3. The number of halogens is 4. The molecule has 0 fully saturated rings. The Hall–Kier alpha value is 1.82. The summed E-state index contributed by atoms with van der Waals surface area (Å²) in [4.78, 5) is 0. The Bertz CT molecular complexity index is 7.51. The normalized spacial score (nSPS) is 3.33. The fraction of sp³-hybridized carbons (Fsp3) is 0. The molecule has 0 amide bonds. The van der Waals surface area contributed by atoms with E-state index in [0.717, 1.165) is 0 Å². The van der Waals surface area contributed by atoms with Crippen LogP contribution in [0.1, 0.15) is 0 Å². The quantitative estimate of drug-likeness (QED) is 0.402. The zero-order valence-corrected chi connectivity index (χ0v) is 10.8. The van der Waals surface area contributed by atoms with Gasteiger partial charge in [-0.05, 0) is 0 Å². The molecule has 0 aromatic carbocycles. The van der Waals surface area contributed by atoms with Crippen LogP contribution >= 0.6 is 0 Å². The summed E-state index contributed by atoms with van der Waals surface area (Å²) in [5, 5.41) is 0. The molecule has 6 heavy (non-hydrogen) atoms. The van der Waals surface area contributed by atoms with Crippen LogP contribution < -0.4 is 0 Å². The fourth-order valence-corrected chi connectivity index (χ4v) is 0. The predicted octanol–water partition coefficient (Wildman–Crippen LogP) is 1.68. The van der Waals surface area contributed by atoms with E-state index in [9.17, 15) is 8.40 Å². The first-order valence-electron chi connectivity index (χ1n) is 0.756. The van der Waals surface area contributed by atoms with Crippen molar-refractivity contribution in [3.8, 4) is 0 Å². The first kappa shape index (κ1) is 10.7. The van der Waals surface area contributed by atoms with Gasteiger partial charge < -0.3 is 0 Å². The maximum absolute atomic E-state index is 9.83. The molecule has 0 unspecified atom stereocenters. The third-order valence-corrected chi connectivity index (χ3v) is 0. The van der Waals surface area contributed by atoms with E-state index in [0.29, 0.717) is 0 Å². The molecule has 0 aromatic rings. The Morgan fingerprint density at radius 2 is 0.667 bits per heavy atom. The van der Waals surface area contributed by atoms with Gasteiger partial charge in [0.15, 0.2) is 0 Å². The molecule has 6 heteroatoms. The molecule has 0 aliphatic carbocycles. The molecular formula is F4U2. The third-order valence-electron chi connectivity index (χ3n) is 0. The average molecular weight is 552 g/mol. The van der Waals surface area contributed by atoms with Crippen molar-refractivity contribution in [1.82, 2.24) is 0 Å². The van der Waals surface area contributed by atoms with Crippen molar-refractivity contribution in [2.24, 2.45) is 0 Å². The van der Waals surface area contributed by atoms with Gasteiger partial charge in [0.1, 0.15) is 0 Å². The fourth-order valence-electron chi connectivity index (χ4n) is 0. The summed E-state index contributed by atoms with van der Waals surface area (Å²) in [5.74, 6) is 0. The van der Waals surface area contributed by atoms with Crippen LogP contribution in [-0.4, -0.2) is 0 Å². The summed E-state index contributed by atoms with van der Waals surface area (Å²) in [6, 6.07) is 0. The molecule has 0 atom stereocenters. The van der Waals surface area contributed by atoms with E-state index in [2.05, 4.69) is 0 Å². The van der Waals surface area contributed by atoms with Gasteiger partial charge in [-0.15, -0.1) is 0 Å². The molecule has 0 bridgehead atoms. The van der Waals surface area contributed by atoms with Crippen LogP contribution in [0.5, 0.6) is 0 Å². The minimum atomic E-state index is -3.01. The summed E-state index contributed by atoms with van der Waals surface area (Å²) in [6.07, 6.45) is 0. The second-order valence-electron chi connectivity index (χ2n) is 0.143. The summed E-state index contributed by atoms with van der Waals surface area (Å²) in [7, 11) is 0. The standard InChI is InChI=1S/4FH.2U/h4*1H;;/q;;;;2*+2/p-4. The van der Waals surface area contributed by atoms with Gasteiger partial charge >= 0.3 is 66.6 Å². The van der Waals surface area contributed by atoms with Crippen molar-refractivity contribution in [1.29, 1.82) is 0 Å². The zero-order chi connectivity index (χ0) is 5.41. The van der Waals surface area contributed by atoms with Crippen LogP contribution in [0.25, 0.3) is 0 Å². The van der Waals surface area contributed by atoms with Crippen LogP contribution in [0.4, 0.5) is 8.40 Å². The SMILES string of the molecule is [F][U][F].[F][U][F]. The average Bonchev–Trinajstić information content (AvgIpc) is 1.39. The number of hydrogen-bond acceptors (Lipinski definition) is 0. The van der Waals surface area contributed by atoms with E-state index >= 15 is 0 Å². The van der Waals surface area contributed by atoms with Crippen LogP contribution in [0.2, 0.25) is 0 Å². The molecule has 0 aliphatic heterocycles. The number of rotatable bonds is 0. The zero-order valence-electron chi connectivity index (χ0n) is 2.51. The van der Waals surface area contributed by atoms with Crippen molar-refractivity contribution in [2.45, 2.75) is 0 Å². The summed E-state index contributed by atoms with van der Waals surface area (Å²) in [5.41, 5.74) is 0. The molecular weight excluding hydrogens is 552 g/mol. The van der Waals surface area contributed by atoms with Crippen LogP contribution in [0.3, 0.4) is 0 Å². The maximum atomic E-state index is 9.83. The van der Waals surface area contributed by atoms with Crippen molar-refractivity contribution >= 4 is 0 Å². The Balaban J connectivity index is 0. The predicted molar refractivity (Wildman–Crippen MR) is 4.43 cm³/mol. The Labute approximate surface area is 65.6 Å². The van der Waals surface area contributed by atoms with E-state index in [1.54, 1.807) is 0 Å². The second kappa shape index (κ2) is 15.8. The molecule has 0 heterocycles. The molecule has 0 spiro atoms. The molecule has 0 aliphatic rings. The molecule has 36 valence electrons. The molecule has 0 radical (unpaired) electrons. The Morgan fingerprint density at radius 3 is 0.667 bits per heavy atom. The topological polar surface area (TPSA) is 0 Å². The van der Waals surface area contributed by atoms with Gasteiger partial charge in [0.05, 0.1) is 0 Å².